The fourth-order valence-electron chi connectivity index (χ4n) is 2.45. The number of anilines is 2. The van der Waals surface area contributed by atoms with Gasteiger partial charge < -0.3 is 5.32 Å². The smallest absolute Gasteiger partial charge is 0.261 e. The zero-order valence-electron chi connectivity index (χ0n) is 13.9. The molecular formula is C20H20N2O2S. The zero-order valence-corrected chi connectivity index (χ0v) is 14.8. The van der Waals surface area contributed by atoms with E-state index in [1.807, 2.05) is 55.5 Å². The maximum atomic E-state index is 12.6. The standard InChI is InChI=1S/C20H20N2O2S/c1-16-11-13-19(14-12-16)25(23,24)22-20-10-6-5-7-17(20)15-21-18-8-3-2-4-9-18/h2-14,21-22H,15H2,1H3. The zero-order chi connectivity index (χ0) is 17.7. The fourth-order valence-corrected chi connectivity index (χ4v) is 3.55. The van der Waals surface area contributed by atoms with Crippen LogP contribution in [0.2, 0.25) is 0 Å². The highest BCUT2D eigenvalue weighted by molar-refractivity contribution is 7.92. The summed E-state index contributed by atoms with van der Waals surface area (Å²) >= 11 is 0. The first kappa shape index (κ1) is 17.0. The van der Waals surface area contributed by atoms with Crippen LogP contribution in [0.5, 0.6) is 0 Å². The minimum Gasteiger partial charge on any atom is -0.381 e. The molecule has 0 aliphatic carbocycles. The number of hydrogen-bond acceptors (Lipinski definition) is 3. The first-order chi connectivity index (χ1) is 12.0. The molecule has 0 saturated heterocycles. The van der Waals surface area contributed by atoms with E-state index in [2.05, 4.69) is 10.0 Å². The normalized spacial score (nSPS) is 11.1. The van der Waals surface area contributed by atoms with Gasteiger partial charge in [-0.15, -0.1) is 0 Å². The van der Waals surface area contributed by atoms with Gasteiger partial charge in [0.25, 0.3) is 10.0 Å². The summed E-state index contributed by atoms with van der Waals surface area (Å²) in [6.45, 7) is 2.45. The van der Waals surface area contributed by atoms with Crippen molar-refractivity contribution in [3.05, 3.63) is 90.0 Å². The van der Waals surface area contributed by atoms with Gasteiger partial charge in [0.15, 0.2) is 0 Å². The van der Waals surface area contributed by atoms with Crippen molar-refractivity contribution in [2.75, 3.05) is 10.0 Å². The van der Waals surface area contributed by atoms with Gasteiger partial charge in [-0.2, -0.15) is 0 Å². The Morgan fingerprint density at radius 3 is 2.16 bits per heavy atom. The molecule has 0 bridgehead atoms. The molecule has 0 amide bonds. The Labute approximate surface area is 148 Å². The number of para-hydroxylation sites is 2. The van der Waals surface area contributed by atoms with Gasteiger partial charge in [0.05, 0.1) is 10.6 Å². The molecule has 0 unspecified atom stereocenters. The summed E-state index contributed by atoms with van der Waals surface area (Å²) in [7, 11) is -3.61. The van der Waals surface area contributed by atoms with Crippen molar-refractivity contribution in [1.29, 1.82) is 0 Å². The minimum absolute atomic E-state index is 0.254. The minimum atomic E-state index is -3.61. The summed E-state index contributed by atoms with van der Waals surface area (Å²) in [6, 6.07) is 24.0. The van der Waals surface area contributed by atoms with Crippen molar-refractivity contribution in [3.63, 3.8) is 0 Å². The summed E-state index contributed by atoms with van der Waals surface area (Å²) < 4.78 is 27.9. The van der Waals surface area contributed by atoms with Crippen LogP contribution in [0.15, 0.2) is 83.8 Å². The van der Waals surface area contributed by atoms with Crippen LogP contribution < -0.4 is 10.0 Å². The third-order valence-electron chi connectivity index (χ3n) is 3.85. The van der Waals surface area contributed by atoms with Gasteiger partial charge in [0.1, 0.15) is 0 Å². The van der Waals surface area contributed by atoms with Crippen LogP contribution in [-0.4, -0.2) is 8.42 Å². The number of hydrogen-bond donors (Lipinski definition) is 2. The Morgan fingerprint density at radius 1 is 0.800 bits per heavy atom. The highest BCUT2D eigenvalue weighted by atomic mass is 32.2. The van der Waals surface area contributed by atoms with E-state index in [9.17, 15) is 8.42 Å². The lowest BCUT2D eigenvalue weighted by molar-refractivity contribution is 0.601. The molecule has 0 fully saturated rings. The fraction of sp³-hybridized carbons (Fsp3) is 0.100. The van der Waals surface area contributed by atoms with E-state index in [-0.39, 0.29) is 4.90 Å². The summed E-state index contributed by atoms with van der Waals surface area (Å²) in [6.07, 6.45) is 0. The molecule has 5 heteroatoms. The van der Waals surface area contributed by atoms with E-state index in [4.69, 9.17) is 0 Å². The monoisotopic (exact) mass is 352 g/mol. The average molecular weight is 352 g/mol. The van der Waals surface area contributed by atoms with Crippen molar-refractivity contribution < 1.29 is 8.42 Å². The van der Waals surface area contributed by atoms with Gasteiger partial charge in [-0.1, -0.05) is 54.1 Å². The molecule has 2 N–H and O–H groups in total. The van der Waals surface area contributed by atoms with Gasteiger partial charge in [0, 0.05) is 12.2 Å². The molecule has 3 rings (SSSR count). The number of nitrogens with one attached hydrogen (secondary N) is 2. The molecule has 3 aromatic carbocycles. The number of benzene rings is 3. The van der Waals surface area contributed by atoms with Crippen molar-refractivity contribution in [3.8, 4) is 0 Å². The molecule has 0 spiro atoms. The van der Waals surface area contributed by atoms with Gasteiger partial charge in [0.2, 0.25) is 0 Å². The van der Waals surface area contributed by atoms with Crippen LogP contribution >= 0.6 is 0 Å². The lowest BCUT2D eigenvalue weighted by Gasteiger charge is -2.14. The molecule has 25 heavy (non-hydrogen) atoms. The molecule has 0 atom stereocenters. The van der Waals surface area contributed by atoms with Crippen molar-refractivity contribution in [1.82, 2.24) is 0 Å². The third-order valence-corrected chi connectivity index (χ3v) is 5.23. The van der Waals surface area contributed by atoms with E-state index in [0.717, 1.165) is 16.8 Å². The SMILES string of the molecule is Cc1ccc(S(=O)(=O)Nc2ccccc2CNc2ccccc2)cc1. The van der Waals surface area contributed by atoms with Crippen molar-refractivity contribution in [2.45, 2.75) is 18.4 Å². The molecule has 128 valence electrons. The Hall–Kier alpha value is -2.79. The molecule has 3 aromatic rings. The Kier molecular flexibility index (Phi) is 5.05. The maximum absolute atomic E-state index is 12.6. The van der Waals surface area contributed by atoms with Gasteiger partial charge in [-0.3, -0.25) is 4.72 Å². The first-order valence-electron chi connectivity index (χ1n) is 8.01. The van der Waals surface area contributed by atoms with Crippen LogP contribution in [0, 0.1) is 6.92 Å². The van der Waals surface area contributed by atoms with Crippen LogP contribution in [0.3, 0.4) is 0 Å². The molecule has 0 radical (unpaired) electrons. The van der Waals surface area contributed by atoms with Gasteiger partial charge in [-0.05, 0) is 42.8 Å². The summed E-state index contributed by atoms with van der Waals surface area (Å²) in [5.41, 5.74) is 3.46. The largest absolute Gasteiger partial charge is 0.381 e. The number of aryl methyl sites for hydroxylation is 1. The third kappa shape index (κ3) is 4.39. The Balaban J connectivity index is 1.79. The molecule has 0 heterocycles. The lowest BCUT2D eigenvalue weighted by Crippen LogP contribution is -2.15. The van der Waals surface area contributed by atoms with E-state index in [0.29, 0.717) is 12.2 Å². The topological polar surface area (TPSA) is 58.2 Å². The van der Waals surface area contributed by atoms with Crippen LogP contribution in [-0.2, 0) is 16.6 Å². The van der Waals surface area contributed by atoms with E-state index in [1.54, 1.807) is 30.3 Å². The van der Waals surface area contributed by atoms with Crippen LogP contribution in [0.25, 0.3) is 0 Å². The van der Waals surface area contributed by atoms with E-state index >= 15 is 0 Å². The second-order valence-electron chi connectivity index (χ2n) is 5.80. The molecule has 0 aliphatic rings. The molecular weight excluding hydrogens is 332 g/mol. The average Bonchev–Trinajstić information content (AvgIpc) is 2.62. The van der Waals surface area contributed by atoms with E-state index in [1.165, 1.54) is 0 Å². The second-order valence-corrected chi connectivity index (χ2v) is 7.48. The van der Waals surface area contributed by atoms with E-state index < -0.39 is 10.0 Å². The Morgan fingerprint density at radius 2 is 1.44 bits per heavy atom. The predicted molar refractivity (Wildman–Crippen MR) is 102 cm³/mol. The first-order valence-corrected chi connectivity index (χ1v) is 9.49. The Bertz CT molecular complexity index is 937. The van der Waals surface area contributed by atoms with Crippen LogP contribution in [0.4, 0.5) is 11.4 Å². The second kappa shape index (κ2) is 7.40. The van der Waals surface area contributed by atoms with Crippen LogP contribution in [0.1, 0.15) is 11.1 Å². The lowest BCUT2D eigenvalue weighted by atomic mass is 10.2. The molecule has 4 nitrogen and oxygen atoms in total. The van der Waals surface area contributed by atoms with Gasteiger partial charge in [-0.25, -0.2) is 8.42 Å². The molecule has 0 aromatic heterocycles. The highest BCUT2D eigenvalue weighted by Gasteiger charge is 2.15. The number of rotatable bonds is 6. The van der Waals surface area contributed by atoms with Gasteiger partial charge >= 0.3 is 0 Å². The summed E-state index contributed by atoms with van der Waals surface area (Å²) in [4.78, 5) is 0.254. The quantitative estimate of drug-likeness (QED) is 0.691. The highest BCUT2D eigenvalue weighted by Crippen LogP contribution is 2.21. The molecule has 0 saturated carbocycles. The maximum Gasteiger partial charge on any atom is 0.261 e. The number of sulfonamides is 1. The predicted octanol–water partition coefficient (Wildman–Crippen LogP) is 4.41. The van der Waals surface area contributed by atoms with Crippen molar-refractivity contribution >= 4 is 21.4 Å². The summed E-state index contributed by atoms with van der Waals surface area (Å²) in [5, 5.41) is 3.30. The molecule has 0 aliphatic heterocycles. The summed E-state index contributed by atoms with van der Waals surface area (Å²) in [5.74, 6) is 0. The van der Waals surface area contributed by atoms with Crippen molar-refractivity contribution in [2.24, 2.45) is 0 Å².